The molecule has 0 aromatic carbocycles. The van der Waals surface area contributed by atoms with Crippen molar-refractivity contribution in [2.24, 2.45) is 0 Å². The summed E-state index contributed by atoms with van der Waals surface area (Å²) in [5.74, 6) is -1.09. The zero-order valence-corrected chi connectivity index (χ0v) is 8.25. The van der Waals surface area contributed by atoms with E-state index in [1.165, 1.54) is 6.92 Å². The van der Waals surface area contributed by atoms with Crippen molar-refractivity contribution in [2.75, 3.05) is 0 Å². The summed E-state index contributed by atoms with van der Waals surface area (Å²) >= 11 is 0. The standard InChI is InChI=1S/C8H15NO4/c1-5(6(10)11)9-7(12)13-8(2,3)4/h5H,1-4H3,(H,9,12)(H,10,11)/t5-/m0/s1/i5+1. The number of hydrogen-bond acceptors (Lipinski definition) is 3. The van der Waals surface area contributed by atoms with Crippen molar-refractivity contribution < 1.29 is 19.4 Å². The van der Waals surface area contributed by atoms with Gasteiger partial charge in [0.15, 0.2) is 0 Å². The van der Waals surface area contributed by atoms with Crippen LogP contribution in [0.1, 0.15) is 27.7 Å². The van der Waals surface area contributed by atoms with E-state index in [0.717, 1.165) is 0 Å². The van der Waals surface area contributed by atoms with Gasteiger partial charge in [0.25, 0.3) is 0 Å². The van der Waals surface area contributed by atoms with Crippen LogP contribution in [0.25, 0.3) is 0 Å². The minimum atomic E-state index is -1.09. The van der Waals surface area contributed by atoms with Gasteiger partial charge in [0, 0.05) is 0 Å². The Morgan fingerprint density at radius 3 is 2.15 bits per heavy atom. The number of rotatable bonds is 2. The van der Waals surface area contributed by atoms with Crippen molar-refractivity contribution in [1.82, 2.24) is 5.32 Å². The van der Waals surface area contributed by atoms with Crippen LogP contribution < -0.4 is 5.32 Å². The maximum absolute atomic E-state index is 11.0. The second kappa shape index (κ2) is 4.11. The van der Waals surface area contributed by atoms with Gasteiger partial charge < -0.3 is 15.2 Å². The molecule has 2 N–H and O–H groups in total. The van der Waals surface area contributed by atoms with E-state index >= 15 is 0 Å². The molecule has 76 valence electrons. The molecule has 0 heterocycles. The Labute approximate surface area is 77.1 Å². The monoisotopic (exact) mass is 190 g/mol. The summed E-state index contributed by atoms with van der Waals surface area (Å²) in [6, 6.07) is -0.935. The van der Waals surface area contributed by atoms with Gasteiger partial charge in [-0.15, -0.1) is 0 Å². The molecule has 0 saturated carbocycles. The van der Waals surface area contributed by atoms with Crippen LogP contribution in [-0.2, 0) is 9.53 Å². The molecular weight excluding hydrogens is 175 g/mol. The van der Waals surface area contributed by atoms with Crippen LogP contribution >= 0.6 is 0 Å². The molecule has 0 aliphatic carbocycles. The topological polar surface area (TPSA) is 75.6 Å². The van der Waals surface area contributed by atoms with E-state index in [4.69, 9.17) is 9.84 Å². The van der Waals surface area contributed by atoms with E-state index < -0.39 is 23.7 Å². The predicted molar refractivity (Wildman–Crippen MR) is 46.5 cm³/mol. The van der Waals surface area contributed by atoms with Crippen LogP contribution in [0.2, 0.25) is 0 Å². The fraction of sp³-hybridized carbons (Fsp3) is 0.750. The highest BCUT2D eigenvalue weighted by molar-refractivity contribution is 5.79. The third-order valence-electron chi connectivity index (χ3n) is 1.10. The SMILES string of the molecule is C[13C@H](NC(=O)OC(C)(C)C)C(=O)O. The number of amides is 1. The average molecular weight is 190 g/mol. The number of carbonyl (C=O) groups is 2. The summed E-state index contributed by atoms with van der Waals surface area (Å²) in [5, 5.41) is 10.6. The van der Waals surface area contributed by atoms with E-state index in [-0.39, 0.29) is 0 Å². The van der Waals surface area contributed by atoms with Gasteiger partial charge in [-0.05, 0) is 27.7 Å². The van der Waals surface area contributed by atoms with E-state index in [1.807, 2.05) is 0 Å². The molecule has 0 aromatic heterocycles. The molecule has 5 nitrogen and oxygen atoms in total. The first kappa shape index (κ1) is 11.7. The molecule has 0 saturated heterocycles. The van der Waals surface area contributed by atoms with Gasteiger partial charge in [0.1, 0.15) is 11.6 Å². The first-order valence-corrected chi connectivity index (χ1v) is 3.94. The van der Waals surface area contributed by atoms with E-state index in [0.29, 0.717) is 0 Å². The largest absolute Gasteiger partial charge is 0.480 e. The van der Waals surface area contributed by atoms with Gasteiger partial charge in [0.05, 0.1) is 0 Å². The van der Waals surface area contributed by atoms with E-state index in [2.05, 4.69) is 5.32 Å². The Balaban J connectivity index is 3.96. The Morgan fingerprint density at radius 2 is 1.85 bits per heavy atom. The number of hydrogen-bond donors (Lipinski definition) is 2. The molecule has 0 rings (SSSR count). The molecule has 0 unspecified atom stereocenters. The Bertz CT molecular complexity index is 207. The van der Waals surface area contributed by atoms with Gasteiger partial charge in [-0.3, -0.25) is 4.79 Å². The molecule has 5 heteroatoms. The molecule has 13 heavy (non-hydrogen) atoms. The summed E-state index contributed by atoms with van der Waals surface area (Å²) in [4.78, 5) is 21.3. The van der Waals surface area contributed by atoms with Gasteiger partial charge in [-0.2, -0.15) is 0 Å². The third-order valence-corrected chi connectivity index (χ3v) is 1.10. The van der Waals surface area contributed by atoms with E-state index in [1.54, 1.807) is 20.8 Å². The van der Waals surface area contributed by atoms with Gasteiger partial charge in [-0.25, -0.2) is 4.79 Å². The van der Waals surface area contributed by atoms with Crippen LogP contribution in [0.4, 0.5) is 4.79 Å². The maximum atomic E-state index is 11.0. The molecule has 0 aliphatic rings. The van der Waals surface area contributed by atoms with Crippen LogP contribution in [0.5, 0.6) is 0 Å². The lowest BCUT2D eigenvalue weighted by Crippen LogP contribution is -2.41. The second-order valence-corrected chi connectivity index (χ2v) is 3.71. The van der Waals surface area contributed by atoms with Crippen LogP contribution in [0.15, 0.2) is 0 Å². The quantitative estimate of drug-likeness (QED) is 0.636. The van der Waals surface area contributed by atoms with Crippen molar-refractivity contribution >= 4 is 12.1 Å². The zero-order chi connectivity index (χ0) is 10.6. The van der Waals surface area contributed by atoms with Crippen molar-refractivity contribution in [1.29, 1.82) is 0 Å². The first-order valence-electron chi connectivity index (χ1n) is 3.94. The number of aliphatic carboxylic acids is 1. The smallest absolute Gasteiger partial charge is 0.408 e. The third kappa shape index (κ3) is 5.95. The first-order chi connectivity index (χ1) is 5.72. The Morgan fingerprint density at radius 1 is 1.38 bits per heavy atom. The molecule has 0 aliphatic heterocycles. The average Bonchev–Trinajstić information content (AvgIpc) is 1.81. The molecule has 1 amide bonds. The number of carboxylic acids is 1. The number of carboxylic acid groups (broad SMARTS) is 1. The molecule has 0 fully saturated rings. The van der Waals surface area contributed by atoms with Crippen LogP contribution in [0, 0.1) is 0 Å². The maximum Gasteiger partial charge on any atom is 0.408 e. The summed E-state index contributed by atoms with van der Waals surface area (Å²) in [5.41, 5.74) is -0.609. The predicted octanol–water partition coefficient (Wildman–Crippen LogP) is 0.984. The molecule has 0 spiro atoms. The second-order valence-electron chi connectivity index (χ2n) is 3.71. The summed E-state index contributed by atoms with van der Waals surface area (Å²) in [6.45, 7) is 6.49. The minimum absolute atomic E-state index is 0.609. The van der Waals surface area contributed by atoms with Crippen molar-refractivity contribution in [3.05, 3.63) is 0 Å². The highest BCUT2D eigenvalue weighted by Crippen LogP contribution is 2.06. The Kier molecular flexibility index (Phi) is 3.71. The number of nitrogens with one attached hydrogen (secondary N) is 1. The lowest BCUT2D eigenvalue weighted by Gasteiger charge is -2.20. The fourth-order valence-corrected chi connectivity index (χ4v) is 0.546. The van der Waals surface area contributed by atoms with Crippen LogP contribution in [0.3, 0.4) is 0 Å². The van der Waals surface area contributed by atoms with Crippen molar-refractivity contribution in [3.8, 4) is 0 Å². The molecule has 1 atom stereocenters. The summed E-state index contributed by atoms with van der Waals surface area (Å²) in [7, 11) is 0. The molecule has 0 bridgehead atoms. The zero-order valence-electron chi connectivity index (χ0n) is 8.25. The number of carbonyl (C=O) groups excluding carboxylic acids is 1. The van der Waals surface area contributed by atoms with Crippen LogP contribution in [-0.4, -0.2) is 28.8 Å². The summed E-state index contributed by atoms with van der Waals surface area (Å²) < 4.78 is 4.85. The molecule has 0 aromatic rings. The fourth-order valence-electron chi connectivity index (χ4n) is 0.546. The molecular formula is C8H15NO4. The lowest BCUT2D eigenvalue weighted by atomic mass is 10.2. The van der Waals surface area contributed by atoms with Crippen molar-refractivity contribution in [3.63, 3.8) is 0 Å². The molecule has 0 radical (unpaired) electrons. The van der Waals surface area contributed by atoms with Gasteiger partial charge >= 0.3 is 12.1 Å². The minimum Gasteiger partial charge on any atom is -0.480 e. The van der Waals surface area contributed by atoms with E-state index in [9.17, 15) is 9.59 Å². The van der Waals surface area contributed by atoms with Crippen molar-refractivity contribution in [2.45, 2.75) is 39.3 Å². The highest BCUT2D eigenvalue weighted by atomic mass is 16.6. The lowest BCUT2D eigenvalue weighted by molar-refractivity contribution is -0.139. The normalized spacial score (nSPS) is 13.2. The summed E-state index contributed by atoms with van der Waals surface area (Å²) in [6.07, 6.45) is -0.720. The number of ether oxygens (including phenoxy) is 1. The van der Waals surface area contributed by atoms with Gasteiger partial charge in [0.2, 0.25) is 0 Å². The Hall–Kier alpha value is -1.26. The number of alkyl carbamates (subject to hydrolysis) is 1. The highest BCUT2D eigenvalue weighted by Gasteiger charge is 2.20. The van der Waals surface area contributed by atoms with Gasteiger partial charge in [-0.1, -0.05) is 0 Å².